The standard InChI is InChI=1S/C24H24N2OS/c27-23(25-20-14-7-9-16-8-1-2-10-17(16)20)18-11-3-4-12-19(18)24-26-21-13-5-6-15-22(21)28-24/h1-6,8,10,13,15,18-20H,7,9,11-12,14H2,(H,25,27). The maximum Gasteiger partial charge on any atom is 0.224 e. The number of aryl methyl sites for hydroxylation is 1. The van der Waals surface area contributed by atoms with Gasteiger partial charge in [-0.25, -0.2) is 4.98 Å². The Kier molecular flexibility index (Phi) is 4.73. The zero-order chi connectivity index (χ0) is 18.9. The Morgan fingerprint density at radius 2 is 1.86 bits per heavy atom. The minimum Gasteiger partial charge on any atom is -0.349 e. The van der Waals surface area contributed by atoms with Crippen LogP contribution < -0.4 is 5.32 Å². The van der Waals surface area contributed by atoms with Crippen molar-refractivity contribution in [1.82, 2.24) is 10.3 Å². The van der Waals surface area contributed by atoms with Gasteiger partial charge in [-0.3, -0.25) is 4.79 Å². The van der Waals surface area contributed by atoms with Crippen LogP contribution in [0.4, 0.5) is 0 Å². The molecule has 0 spiro atoms. The average molecular weight is 389 g/mol. The fourth-order valence-corrected chi connectivity index (χ4v) is 5.75. The van der Waals surface area contributed by atoms with E-state index in [0.717, 1.165) is 42.6 Å². The summed E-state index contributed by atoms with van der Waals surface area (Å²) >= 11 is 1.73. The van der Waals surface area contributed by atoms with Crippen LogP contribution in [0.15, 0.2) is 60.7 Å². The Bertz CT molecular complexity index is 1000. The Balaban J connectivity index is 1.39. The summed E-state index contributed by atoms with van der Waals surface area (Å²) in [5, 5.41) is 4.47. The molecule has 0 bridgehead atoms. The van der Waals surface area contributed by atoms with E-state index < -0.39 is 0 Å². The molecule has 0 aliphatic heterocycles. The second-order valence-electron chi connectivity index (χ2n) is 7.83. The van der Waals surface area contributed by atoms with Crippen molar-refractivity contribution in [3.63, 3.8) is 0 Å². The first-order chi connectivity index (χ1) is 13.8. The zero-order valence-electron chi connectivity index (χ0n) is 15.8. The predicted octanol–water partition coefficient (Wildman–Crippen LogP) is 5.54. The predicted molar refractivity (Wildman–Crippen MR) is 114 cm³/mol. The van der Waals surface area contributed by atoms with Crippen LogP contribution in [0, 0.1) is 5.92 Å². The molecule has 2 aliphatic rings. The number of para-hydroxylation sites is 1. The Morgan fingerprint density at radius 1 is 1.04 bits per heavy atom. The first kappa shape index (κ1) is 17.6. The largest absolute Gasteiger partial charge is 0.349 e. The number of carbonyl (C=O) groups is 1. The van der Waals surface area contributed by atoms with E-state index in [2.05, 4.69) is 59.9 Å². The van der Waals surface area contributed by atoms with Crippen molar-refractivity contribution in [1.29, 1.82) is 0 Å². The van der Waals surface area contributed by atoms with Crippen molar-refractivity contribution in [2.24, 2.45) is 5.92 Å². The molecule has 3 atom stereocenters. The molecular formula is C24H24N2OS. The number of aromatic nitrogens is 1. The molecule has 28 heavy (non-hydrogen) atoms. The van der Waals surface area contributed by atoms with E-state index in [0.29, 0.717) is 0 Å². The highest BCUT2D eigenvalue weighted by molar-refractivity contribution is 7.18. The van der Waals surface area contributed by atoms with Crippen molar-refractivity contribution in [3.05, 3.63) is 76.8 Å². The number of rotatable bonds is 3. The van der Waals surface area contributed by atoms with Crippen LogP contribution in [0.3, 0.4) is 0 Å². The maximum atomic E-state index is 13.3. The smallest absolute Gasteiger partial charge is 0.224 e. The lowest BCUT2D eigenvalue weighted by Crippen LogP contribution is -2.38. The minimum atomic E-state index is -0.0420. The highest BCUT2D eigenvalue weighted by atomic mass is 32.1. The second-order valence-corrected chi connectivity index (χ2v) is 8.89. The number of fused-ring (bicyclic) bond motifs is 2. The summed E-state index contributed by atoms with van der Waals surface area (Å²) in [7, 11) is 0. The number of carbonyl (C=O) groups excluding carboxylic acids is 1. The molecule has 3 unspecified atom stereocenters. The van der Waals surface area contributed by atoms with Gasteiger partial charge in [-0.2, -0.15) is 0 Å². The Labute approximate surface area is 169 Å². The quantitative estimate of drug-likeness (QED) is 0.599. The molecule has 4 heteroatoms. The summed E-state index contributed by atoms with van der Waals surface area (Å²) in [6.45, 7) is 0. The Hall–Kier alpha value is -2.46. The first-order valence-corrected chi connectivity index (χ1v) is 11.0. The Morgan fingerprint density at radius 3 is 2.79 bits per heavy atom. The highest BCUT2D eigenvalue weighted by Crippen LogP contribution is 2.39. The van der Waals surface area contributed by atoms with Gasteiger partial charge in [0.15, 0.2) is 0 Å². The topological polar surface area (TPSA) is 42.0 Å². The van der Waals surface area contributed by atoms with Crippen molar-refractivity contribution < 1.29 is 4.79 Å². The van der Waals surface area contributed by atoms with Crippen molar-refractivity contribution in [2.45, 2.75) is 44.1 Å². The van der Waals surface area contributed by atoms with Crippen molar-refractivity contribution in [2.75, 3.05) is 0 Å². The molecule has 0 fully saturated rings. The summed E-state index contributed by atoms with van der Waals surface area (Å²) < 4.78 is 1.20. The number of amides is 1. The third-order valence-electron chi connectivity index (χ3n) is 6.08. The van der Waals surface area contributed by atoms with Gasteiger partial charge < -0.3 is 5.32 Å². The summed E-state index contributed by atoms with van der Waals surface area (Å²) in [5.41, 5.74) is 3.72. The molecule has 142 valence electrons. The molecule has 0 saturated carbocycles. The summed E-state index contributed by atoms with van der Waals surface area (Å²) in [6.07, 6.45) is 9.31. The molecule has 1 aromatic heterocycles. The van der Waals surface area contributed by atoms with E-state index in [1.807, 2.05) is 6.07 Å². The summed E-state index contributed by atoms with van der Waals surface area (Å²) in [5.74, 6) is 0.302. The molecule has 2 aliphatic carbocycles. The minimum absolute atomic E-state index is 0.0420. The van der Waals surface area contributed by atoms with Crippen LogP contribution in [0.2, 0.25) is 0 Å². The van der Waals surface area contributed by atoms with E-state index in [9.17, 15) is 4.79 Å². The molecule has 1 heterocycles. The fraction of sp³-hybridized carbons (Fsp3) is 0.333. The van der Waals surface area contributed by atoms with Crippen LogP contribution in [0.5, 0.6) is 0 Å². The molecule has 1 amide bonds. The van der Waals surface area contributed by atoms with E-state index in [1.165, 1.54) is 15.8 Å². The van der Waals surface area contributed by atoms with E-state index >= 15 is 0 Å². The first-order valence-electron chi connectivity index (χ1n) is 10.2. The van der Waals surface area contributed by atoms with Crippen LogP contribution in [-0.2, 0) is 11.2 Å². The van der Waals surface area contributed by atoms with Crippen LogP contribution in [0.1, 0.15) is 53.8 Å². The number of nitrogens with zero attached hydrogens (tertiary/aromatic N) is 1. The molecule has 3 nitrogen and oxygen atoms in total. The van der Waals surface area contributed by atoms with Gasteiger partial charge in [0.05, 0.1) is 27.2 Å². The lowest BCUT2D eigenvalue weighted by Gasteiger charge is -2.31. The second kappa shape index (κ2) is 7.51. The molecule has 3 aromatic rings. The number of benzene rings is 2. The summed E-state index contributed by atoms with van der Waals surface area (Å²) in [6, 6.07) is 16.9. The fourth-order valence-electron chi connectivity index (χ4n) is 4.61. The lowest BCUT2D eigenvalue weighted by molar-refractivity contribution is -0.126. The normalized spacial score (nSPS) is 24.1. The van der Waals surface area contributed by atoms with Gasteiger partial charge >= 0.3 is 0 Å². The molecular weight excluding hydrogens is 364 g/mol. The molecule has 0 saturated heterocycles. The number of allylic oxidation sites excluding steroid dienone is 2. The van der Waals surface area contributed by atoms with Gasteiger partial charge in [0.2, 0.25) is 5.91 Å². The number of nitrogens with one attached hydrogen (secondary N) is 1. The van der Waals surface area contributed by atoms with Gasteiger partial charge in [-0.15, -0.1) is 11.3 Å². The highest BCUT2D eigenvalue weighted by Gasteiger charge is 2.34. The number of hydrogen-bond acceptors (Lipinski definition) is 3. The van der Waals surface area contributed by atoms with E-state index in [4.69, 9.17) is 4.98 Å². The maximum absolute atomic E-state index is 13.3. The number of thiazole rings is 1. The van der Waals surface area contributed by atoms with Gasteiger partial charge in [-0.1, -0.05) is 48.6 Å². The molecule has 5 rings (SSSR count). The number of hydrogen-bond donors (Lipinski definition) is 1. The van der Waals surface area contributed by atoms with E-state index in [1.54, 1.807) is 11.3 Å². The van der Waals surface area contributed by atoms with Gasteiger partial charge in [0.1, 0.15) is 0 Å². The molecule has 1 N–H and O–H groups in total. The van der Waals surface area contributed by atoms with Gasteiger partial charge in [0.25, 0.3) is 0 Å². The van der Waals surface area contributed by atoms with Crippen LogP contribution in [-0.4, -0.2) is 10.9 Å². The van der Waals surface area contributed by atoms with Crippen LogP contribution >= 0.6 is 11.3 Å². The molecule has 0 radical (unpaired) electrons. The van der Waals surface area contributed by atoms with Crippen molar-refractivity contribution in [3.8, 4) is 0 Å². The van der Waals surface area contributed by atoms with E-state index in [-0.39, 0.29) is 23.8 Å². The van der Waals surface area contributed by atoms with Crippen LogP contribution in [0.25, 0.3) is 10.2 Å². The monoisotopic (exact) mass is 388 g/mol. The third kappa shape index (κ3) is 3.26. The average Bonchev–Trinajstić information content (AvgIpc) is 3.18. The third-order valence-corrected chi connectivity index (χ3v) is 7.25. The zero-order valence-corrected chi connectivity index (χ0v) is 16.6. The van der Waals surface area contributed by atoms with Gasteiger partial charge in [0, 0.05) is 5.92 Å². The molecule has 2 aromatic carbocycles. The lowest BCUT2D eigenvalue weighted by atomic mass is 9.81. The van der Waals surface area contributed by atoms with Crippen molar-refractivity contribution >= 4 is 27.5 Å². The van der Waals surface area contributed by atoms with Gasteiger partial charge in [-0.05, 0) is 55.4 Å². The summed E-state index contributed by atoms with van der Waals surface area (Å²) in [4.78, 5) is 18.2. The SMILES string of the molecule is O=C(NC1CCCc2ccccc21)C1CC=CCC1c1nc2ccccc2s1.